The van der Waals surface area contributed by atoms with Crippen LogP contribution in [-0.2, 0) is 4.79 Å². The van der Waals surface area contributed by atoms with Crippen LogP contribution in [0, 0.1) is 5.82 Å². The Morgan fingerprint density at radius 1 is 1.47 bits per heavy atom. The van der Waals surface area contributed by atoms with Gasteiger partial charge in [-0.25, -0.2) is 4.39 Å². The number of likely N-dealkylation sites (tertiary alicyclic amines) is 1. The minimum atomic E-state index is -0.910. The van der Waals surface area contributed by atoms with Crippen molar-refractivity contribution in [2.24, 2.45) is 0 Å². The van der Waals surface area contributed by atoms with E-state index in [9.17, 15) is 14.3 Å². The summed E-state index contributed by atoms with van der Waals surface area (Å²) in [4.78, 5) is 13.3. The molecule has 0 spiro atoms. The molecule has 0 amide bonds. The van der Waals surface area contributed by atoms with Crippen molar-refractivity contribution in [1.29, 1.82) is 0 Å². The molecule has 1 fully saturated rings. The van der Waals surface area contributed by atoms with E-state index < -0.39 is 18.1 Å². The first-order chi connectivity index (χ1) is 9.08. The van der Waals surface area contributed by atoms with Gasteiger partial charge in [-0.05, 0) is 12.1 Å². The molecule has 0 aromatic heterocycles. The van der Waals surface area contributed by atoms with Crippen molar-refractivity contribution in [2.45, 2.75) is 23.5 Å². The summed E-state index contributed by atoms with van der Waals surface area (Å²) in [6, 6.07) is 5.88. The van der Waals surface area contributed by atoms with E-state index in [-0.39, 0.29) is 12.2 Å². The van der Waals surface area contributed by atoms with Crippen molar-refractivity contribution in [3.05, 3.63) is 30.1 Å². The Kier molecular flexibility index (Phi) is 4.79. The number of carboxylic acid groups (broad SMARTS) is 1. The van der Waals surface area contributed by atoms with Crippen LogP contribution in [0.15, 0.2) is 29.2 Å². The highest BCUT2D eigenvalue weighted by Crippen LogP contribution is 2.23. The number of hydrogen-bond donors (Lipinski definition) is 2. The van der Waals surface area contributed by atoms with Crippen LogP contribution in [0.4, 0.5) is 4.39 Å². The molecule has 0 aliphatic carbocycles. The second kappa shape index (κ2) is 6.36. The number of hydrogen-bond acceptors (Lipinski definition) is 4. The smallest absolute Gasteiger partial charge is 0.321 e. The number of carbonyl (C=O) groups is 1. The fourth-order valence-corrected chi connectivity index (χ4v) is 3.14. The number of benzene rings is 1. The number of nitrogens with zero attached hydrogens (tertiary/aromatic N) is 1. The molecule has 2 atom stereocenters. The molecule has 104 valence electrons. The number of aliphatic hydroxyl groups is 1. The largest absolute Gasteiger partial charge is 0.480 e. The fraction of sp³-hybridized carbons (Fsp3) is 0.462. The van der Waals surface area contributed by atoms with Crippen LogP contribution in [0.1, 0.15) is 6.42 Å². The van der Waals surface area contributed by atoms with E-state index in [0.29, 0.717) is 23.7 Å². The highest BCUT2D eigenvalue weighted by atomic mass is 32.2. The van der Waals surface area contributed by atoms with E-state index in [4.69, 9.17) is 5.11 Å². The molecule has 0 bridgehead atoms. The summed E-state index contributed by atoms with van der Waals surface area (Å²) >= 11 is 1.36. The molecular formula is C13H16FNO3S. The lowest BCUT2D eigenvalue weighted by Crippen LogP contribution is -2.37. The van der Waals surface area contributed by atoms with Crippen molar-refractivity contribution in [3.63, 3.8) is 0 Å². The predicted octanol–water partition coefficient (Wildman–Crippen LogP) is 1.44. The fourth-order valence-electron chi connectivity index (χ4n) is 2.22. The molecule has 2 rings (SSSR count). The van der Waals surface area contributed by atoms with E-state index in [2.05, 4.69) is 0 Å². The summed E-state index contributed by atoms with van der Waals surface area (Å²) in [7, 11) is 0. The van der Waals surface area contributed by atoms with E-state index in [1.165, 1.54) is 17.8 Å². The van der Waals surface area contributed by atoms with Crippen LogP contribution in [0.25, 0.3) is 0 Å². The van der Waals surface area contributed by atoms with Gasteiger partial charge in [-0.3, -0.25) is 9.69 Å². The van der Waals surface area contributed by atoms with Gasteiger partial charge in [-0.2, -0.15) is 0 Å². The van der Waals surface area contributed by atoms with E-state index in [1.807, 2.05) is 0 Å². The van der Waals surface area contributed by atoms with E-state index >= 15 is 0 Å². The van der Waals surface area contributed by atoms with Crippen molar-refractivity contribution in [3.8, 4) is 0 Å². The molecule has 2 N–H and O–H groups in total. The average Bonchev–Trinajstić information content (AvgIpc) is 2.73. The molecule has 1 heterocycles. The van der Waals surface area contributed by atoms with Crippen molar-refractivity contribution >= 4 is 17.7 Å². The zero-order valence-electron chi connectivity index (χ0n) is 10.3. The standard InChI is InChI=1S/C13H16FNO3S/c14-10-3-1-2-4-12(10)19-6-5-15-8-9(16)7-11(15)13(17)18/h1-4,9,11,16H,5-8H2,(H,17,18). The Morgan fingerprint density at radius 2 is 2.21 bits per heavy atom. The number of thioether (sulfide) groups is 1. The zero-order chi connectivity index (χ0) is 13.8. The first-order valence-corrected chi connectivity index (χ1v) is 7.08. The minimum Gasteiger partial charge on any atom is -0.480 e. The van der Waals surface area contributed by atoms with Crippen LogP contribution >= 0.6 is 11.8 Å². The van der Waals surface area contributed by atoms with Crippen LogP contribution < -0.4 is 0 Å². The summed E-state index contributed by atoms with van der Waals surface area (Å²) in [6.45, 7) is 0.891. The molecule has 1 aromatic rings. The lowest BCUT2D eigenvalue weighted by atomic mass is 10.2. The van der Waals surface area contributed by atoms with Crippen molar-refractivity contribution in [2.75, 3.05) is 18.8 Å². The van der Waals surface area contributed by atoms with Gasteiger partial charge in [-0.15, -0.1) is 11.8 Å². The second-order valence-corrected chi connectivity index (χ2v) is 5.65. The molecule has 4 nitrogen and oxygen atoms in total. The quantitative estimate of drug-likeness (QED) is 0.802. The summed E-state index contributed by atoms with van der Waals surface area (Å²) in [6.07, 6.45) is -0.320. The Labute approximate surface area is 115 Å². The Morgan fingerprint density at radius 3 is 2.89 bits per heavy atom. The SMILES string of the molecule is O=C(O)C1CC(O)CN1CCSc1ccccc1F. The van der Waals surface area contributed by atoms with Gasteiger partial charge >= 0.3 is 5.97 Å². The van der Waals surface area contributed by atoms with Gasteiger partial charge in [-0.1, -0.05) is 12.1 Å². The summed E-state index contributed by atoms with van der Waals surface area (Å²) < 4.78 is 13.4. The van der Waals surface area contributed by atoms with Gasteiger partial charge < -0.3 is 10.2 Å². The average molecular weight is 285 g/mol. The maximum Gasteiger partial charge on any atom is 0.321 e. The number of halogens is 1. The van der Waals surface area contributed by atoms with Gasteiger partial charge in [0.05, 0.1) is 6.10 Å². The van der Waals surface area contributed by atoms with Crippen LogP contribution in [-0.4, -0.2) is 52.1 Å². The van der Waals surface area contributed by atoms with E-state index in [0.717, 1.165) is 0 Å². The second-order valence-electron chi connectivity index (χ2n) is 4.52. The molecule has 6 heteroatoms. The maximum atomic E-state index is 13.4. The molecule has 1 aliphatic heterocycles. The van der Waals surface area contributed by atoms with Crippen LogP contribution in [0.2, 0.25) is 0 Å². The molecule has 1 saturated heterocycles. The van der Waals surface area contributed by atoms with Gasteiger partial charge in [0.1, 0.15) is 11.9 Å². The molecule has 2 unspecified atom stereocenters. The summed E-state index contributed by atoms with van der Waals surface area (Å²) in [5.41, 5.74) is 0. The summed E-state index contributed by atoms with van der Waals surface area (Å²) in [5.74, 6) is -0.576. The van der Waals surface area contributed by atoms with Gasteiger partial charge in [0.15, 0.2) is 0 Å². The monoisotopic (exact) mass is 285 g/mol. The third-order valence-electron chi connectivity index (χ3n) is 3.14. The number of aliphatic carboxylic acids is 1. The van der Waals surface area contributed by atoms with E-state index in [1.54, 1.807) is 23.1 Å². The minimum absolute atomic E-state index is 0.260. The normalized spacial score (nSPS) is 23.7. The molecule has 0 radical (unpaired) electrons. The Bertz CT molecular complexity index is 457. The maximum absolute atomic E-state index is 13.4. The summed E-state index contributed by atoms with van der Waals surface area (Å²) in [5, 5.41) is 18.5. The van der Waals surface area contributed by atoms with Crippen molar-refractivity contribution < 1.29 is 19.4 Å². The van der Waals surface area contributed by atoms with Crippen LogP contribution in [0.5, 0.6) is 0 Å². The van der Waals surface area contributed by atoms with Gasteiger partial charge in [0, 0.05) is 30.2 Å². The van der Waals surface area contributed by atoms with Crippen molar-refractivity contribution in [1.82, 2.24) is 4.90 Å². The predicted molar refractivity (Wildman–Crippen MR) is 70.7 cm³/mol. The van der Waals surface area contributed by atoms with Gasteiger partial charge in [0.25, 0.3) is 0 Å². The third kappa shape index (κ3) is 3.68. The number of aliphatic hydroxyl groups excluding tert-OH is 1. The number of β-amino-alcohol motifs (C(OH)–C–C–N with tert-alkyl or cyclic N) is 1. The first-order valence-electron chi connectivity index (χ1n) is 6.10. The Balaban J connectivity index is 1.85. The molecule has 1 aliphatic rings. The Hall–Kier alpha value is -1.11. The molecular weight excluding hydrogens is 269 g/mol. The molecule has 1 aromatic carbocycles. The van der Waals surface area contributed by atoms with Gasteiger partial charge in [0.2, 0.25) is 0 Å². The lowest BCUT2D eigenvalue weighted by molar-refractivity contribution is -0.142. The molecule has 19 heavy (non-hydrogen) atoms. The van der Waals surface area contributed by atoms with Crippen LogP contribution in [0.3, 0.4) is 0 Å². The molecule has 0 saturated carbocycles. The zero-order valence-corrected chi connectivity index (χ0v) is 11.1. The highest BCUT2D eigenvalue weighted by Gasteiger charge is 2.35. The highest BCUT2D eigenvalue weighted by molar-refractivity contribution is 7.99. The first kappa shape index (κ1) is 14.3. The number of rotatable bonds is 5. The topological polar surface area (TPSA) is 60.8 Å². The number of carboxylic acids is 1. The third-order valence-corrected chi connectivity index (χ3v) is 4.17. The lowest BCUT2D eigenvalue weighted by Gasteiger charge is -2.20.